The lowest BCUT2D eigenvalue weighted by Gasteiger charge is -2.19. The summed E-state index contributed by atoms with van der Waals surface area (Å²) in [5.41, 5.74) is 2.03. The van der Waals surface area contributed by atoms with Gasteiger partial charge >= 0.3 is 0 Å². The molecule has 0 saturated heterocycles. The molecule has 0 aliphatic rings. The highest BCUT2D eigenvalue weighted by Gasteiger charge is 2.17. The maximum atomic E-state index is 12.4. The minimum atomic E-state index is -0.293. The molecule has 0 unspecified atom stereocenters. The maximum absolute atomic E-state index is 12.4. The fraction of sp³-hybridized carbons (Fsp3) is 0.273. The van der Waals surface area contributed by atoms with E-state index in [1.165, 1.54) is 0 Å². The first-order chi connectivity index (χ1) is 13.1. The van der Waals surface area contributed by atoms with Crippen LogP contribution in [0.25, 0.3) is 0 Å². The van der Waals surface area contributed by atoms with E-state index < -0.39 is 0 Å². The van der Waals surface area contributed by atoms with Crippen molar-refractivity contribution in [2.45, 2.75) is 26.5 Å². The van der Waals surface area contributed by atoms with Crippen LogP contribution in [0.15, 0.2) is 72.9 Å². The van der Waals surface area contributed by atoms with Gasteiger partial charge in [-0.05, 0) is 17.0 Å². The first kappa shape index (κ1) is 18.9. The lowest BCUT2D eigenvalue weighted by Crippen LogP contribution is -2.23. The van der Waals surface area contributed by atoms with Crippen LogP contribution in [0.2, 0.25) is 0 Å². The summed E-state index contributed by atoms with van der Waals surface area (Å²) in [4.78, 5) is 12.4. The van der Waals surface area contributed by atoms with Gasteiger partial charge in [-0.2, -0.15) is 5.10 Å². The molecule has 1 N–H and O–H groups in total. The van der Waals surface area contributed by atoms with Crippen molar-refractivity contribution < 1.29 is 9.53 Å². The van der Waals surface area contributed by atoms with Gasteiger partial charge in [0.05, 0.1) is 6.20 Å². The van der Waals surface area contributed by atoms with E-state index in [1.54, 1.807) is 16.9 Å². The van der Waals surface area contributed by atoms with Crippen LogP contribution >= 0.6 is 0 Å². The number of hydrogen-bond acceptors (Lipinski definition) is 3. The molecule has 0 atom stereocenters. The molecule has 0 radical (unpaired) electrons. The Hall–Kier alpha value is -2.92. The molecule has 0 aliphatic carbocycles. The number of nitrogens with one attached hydrogen (secondary N) is 1. The summed E-state index contributed by atoms with van der Waals surface area (Å²) >= 11 is 0. The molecule has 0 fully saturated rings. The fourth-order valence-corrected chi connectivity index (χ4v) is 2.91. The lowest BCUT2D eigenvalue weighted by molar-refractivity contribution is -0.122. The van der Waals surface area contributed by atoms with E-state index in [9.17, 15) is 4.79 Å². The van der Waals surface area contributed by atoms with Gasteiger partial charge in [0.15, 0.2) is 0 Å². The maximum Gasteiger partial charge on any atom is 0.251 e. The standard InChI is InChI=1S/C22H25N3O2/c1-17(2)15-25-20(13-14-23-25)24-21(26)16-27-22(18-9-5-3-6-10-18)19-11-7-4-8-12-19/h3-14,17,22H,15-16H2,1-2H3,(H,24,26). The van der Waals surface area contributed by atoms with Crippen LogP contribution in [0, 0.1) is 5.92 Å². The van der Waals surface area contributed by atoms with Crippen LogP contribution in [0.5, 0.6) is 0 Å². The number of hydrogen-bond donors (Lipinski definition) is 1. The molecule has 1 heterocycles. The molecular weight excluding hydrogens is 338 g/mol. The Balaban J connectivity index is 1.67. The average Bonchev–Trinajstić information content (AvgIpc) is 3.09. The molecule has 0 bridgehead atoms. The molecule has 27 heavy (non-hydrogen) atoms. The zero-order chi connectivity index (χ0) is 19.1. The molecule has 5 heteroatoms. The molecule has 0 spiro atoms. The van der Waals surface area contributed by atoms with Crippen molar-refractivity contribution in [2.24, 2.45) is 5.92 Å². The van der Waals surface area contributed by atoms with Gasteiger partial charge in [-0.1, -0.05) is 74.5 Å². The summed E-state index contributed by atoms with van der Waals surface area (Å²) in [5.74, 6) is 0.933. The van der Waals surface area contributed by atoms with Crippen molar-refractivity contribution in [3.8, 4) is 0 Å². The fourth-order valence-electron chi connectivity index (χ4n) is 2.91. The van der Waals surface area contributed by atoms with E-state index in [2.05, 4.69) is 24.3 Å². The zero-order valence-corrected chi connectivity index (χ0v) is 15.7. The highest BCUT2D eigenvalue weighted by molar-refractivity contribution is 5.90. The largest absolute Gasteiger partial charge is 0.359 e. The predicted molar refractivity (Wildman–Crippen MR) is 106 cm³/mol. The molecule has 140 valence electrons. The molecule has 0 saturated carbocycles. The molecule has 5 nitrogen and oxygen atoms in total. The van der Waals surface area contributed by atoms with Crippen molar-refractivity contribution in [3.05, 3.63) is 84.1 Å². The van der Waals surface area contributed by atoms with Crippen molar-refractivity contribution in [3.63, 3.8) is 0 Å². The average molecular weight is 363 g/mol. The number of rotatable bonds is 8. The summed E-state index contributed by atoms with van der Waals surface area (Å²) in [6.45, 7) is 4.93. The first-order valence-corrected chi connectivity index (χ1v) is 9.16. The molecule has 2 aromatic carbocycles. The Morgan fingerprint density at radius 2 is 1.59 bits per heavy atom. The van der Waals surface area contributed by atoms with Crippen molar-refractivity contribution >= 4 is 11.7 Å². The number of amides is 1. The third-order valence-corrected chi connectivity index (χ3v) is 4.11. The quantitative estimate of drug-likeness (QED) is 0.650. The van der Waals surface area contributed by atoms with Crippen LogP contribution in [-0.4, -0.2) is 22.3 Å². The smallest absolute Gasteiger partial charge is 0.251 e. The second kappa shape index (κ2) is 9.14. The summed E-state index contributed by atoms with van der Waals surface area (Å²) in [6, 6.07) is 21.6. The predicted octanol–water partition coefficient (Wildman–Crippen LogP) is 4.28. The van der Waals surface area contributed by atoms with Gasteiger partial charge in [-0.25, -0.2) is 4.68 Å². The highest BCUT2D eigenvalue weighted by atomic mass is 16.5. The SMILES string of the molecule is CC(C)Cn1nccc1NC(=O)COC(c1ccccc1)c1ccccc1. The van der Waals surface area contributed by atoms with Crippen molar-refractivity contribution in [1.29, 1.82) is 0 Å². The zero-order valence-electron chi connectivity index (χ0n) is 15.7. The van der Waals surface area contributed by atoms with Gasteiger partial charge in [0.25, 0.3) is 5.91 Å². The molecule has 3 aromatic rings. The number of anilines is 1. The number of benzene rings is 2. The normalized spacial score (nSPS) is 11.1. The Morgan fingerprint density at radius 1 is 1.00 bits per heavy atom. The van der Waals surface area contributed by atoms with Crippen LogP contribution in [0.1, 0.15) is 31.1 Å². The monoisotopic (exact) mass is 363 g/mol. The highest BCUT2D eigenvalue weighted by Crippen LogP contribution is 2.25. The number of ether oxygens (including phenoxy) is 1. The summed E-state index contributed by atoms with van der Waals surface area (Å²) < 4.78 is 7.80. The van der Waals surface area contributed by atoms with Gasteiger partial charge in [0, 0.05) is 12.6 Å². The third kappa shape index (κ3) is 5.28. The van der Waals surface area contributed by atoms with E-state index in [-0.39, 0.29) is 18.6 Å². The van der Waals surface area contributed by atoms with E-state index in [4.69, 9.17) is 4.74 Å². The summed E-state index contributed by atoms with van der Waals surface area (Å²) in [6.07, 6.45) is 1.40. The number of nitrogens with zero attached hydrogens (tertiary/aromatic N) is 2. The molecule has 0 aliphatic heterocycles. The van der Waals surface area contributed by atoms with Gasteiger partial charge in [0.2, 0.25) is 0 Å². The minimum absolute atomic E-state index is 0.0404. The van der Waals surface area contributed by atoms with Gasteiger partial charge in [-0.3, -0.25) is 4.79 Å². The lowest BCUT2D eigenvalue weighted by atomic mass is 10.0. The second-order valence-electron chi connectivity index (χ2n) is 6.85. The minimum Gasteiger partial charge on any atom is -0.359 e. The summed E-state index contributed by atoms with van der Waals surface area (Å²) in [7, 11) is 0. The Bertz CT molecular complexity index is 805. The van der Waals surface area contributed by atoms with Crippen LogP contribution in [0.4, 0.5) is 5.82 Å². The third-order valence-electron chi connectivity index (χ3n) is 4.11. The van der Waals surface area contributed by atoms with Gasteiger partial charge in [0.1, 0.15) is 18.5 Å². The van der Waals surface area contributed by atoms with Crippen molar-refractivity contribution in [1.82, 2.24) is 9.78 Å². The van der Waals surface area contributed by atoms with Crippen LogP contribution in [0.3, 0.4) is 0 Å². The number of aromatic nitrogens is 2. The van der Waals surface area contributed by atoms with E-state index in [0.29, 0.717) is 11.7 Å². The van der Waals surface area contributed by atoms with Crippen molar-refractivity contribution in [2.75, 3.05) is 11.9 Å². The molecule has 3 rings (SSSR count). The first-order valence-electron chi connectivity index (χ1n) is 9.16. The van der Waals surface area contributed by atoms with E-state index in [1.807, 2.05) is 60.7 Å². The van der Waals surface area contributed by atoms with Crippen LogP contribution < -0.4 is 5.32 Å². The molecular formula is C22H25N3O2. The second-order valence-corrected chi connectivity index (χ2v) is 6.85. The Labute approximate surface area is 160 Å². The topological polar surface area (TPSA) is 56.2 Å². The number of carbonyl (C=O) groups excluding carboxylic acids is 1. The number of carbonyl (C=O) groups is 1. The van der Waals surface area contributed by atoms with E-state index in [0.717, 1.165) is 17.7 Å². The molecule has 1 amide bonds. The van der Waals surface area contributed by atoms with Crippen LogP contribution in [-0.2, 0) is 16.1 Å². The van der Waals surface area contributed by atoms with Gasteiger partial charge < -0.3 is 10.1 Å². The Kier molecular flexibility index (Phi) is 6.39. The Morgan fingerprint density at radius 3 is 2.15 bits per heavy atom. The van der Waals surface area contributed by atoms with E-state index >= 15 is 0 Å². The summed E-state index contributed by atoms with van der Waals surface area (Å²) in [5, 5.41) is 7.15. The molecule has 1 aromatic heterocycles. The van der Waals surface area contributed by atoms with Gasteiger partial charge in [-0.15, -0.1) is 0 Å².